The first kappa shape index (κ1) is 26.7. The maximum atomic E-state index is 13.8. The van der Waals surface area contributed by atoms with E-state index < -0.39 is 23.5 Å². The zero-order chi connectivity index (χ0) is 27.1. The lowest BCUT2D eigenvalue weighted by Gasteiger charge is -2.26. The minimum atomic E-state index is -1.03. The lowest BCUT2D eigenvalue weighted by Crippen LogP contribution is -2.29. The molecule has 3 aromatic rings. The number of hydrogen-bond donors (Lipinski definition) is 1. The Bertz CT molecular complexity index is 1410. The highest BCUT2D eigenvalue weighted by Gasteiger charge is 2.47. The fourth-order valence-corrected chi connectivity index (χ4v) is 4.69. The molecular formula is C29H26Cl2FNO4. The number of ketones is 1. The number of benzene rings is 3. The molecule has 1 aliphatic rings. The number of rotatable bonds is 5. The third kappa shape index (κ3) is 5.09. The number of Topliss-reactive ketones (excluding diaryl/α,β-unsaturated/α-hetero) is 1. The largest absolute Gasteiger partial charge is 0.507 e. The summed E-state index contributed by atoms with van der Waals surface area (Å²) in [6, 6.07) is 14.1. The molecule has 1 atom stereocenters. The van der Waals surface area contributed by atoms with Crippen molar-refractivity contribution >= 4 is 46.3 Å². The predicted octanol–water partition coefficient (Wildman–Crippen LogP) is 7.46. The van der Waals surface area contributed by atoms with Crippen LogP contribution in [0.5, 0.6) is 5.75 Å². The number of halogens is 3. The van der Waals surface area contributed by atoms with Gasteiger partial charge in [0.05, 0.1) is 28.3 Å². The Balaban J connectivity index is 1.95. The number of aliphatic hydroxyl groups excluding tert-OH is 1. The summed E-state index contributed by atoms with van der Waals surface area (Å²) < 4.78 is 19.5. The van der Waals surface area contributed by atoms with Crippen LogP contribution in [0.1, 0.15) is 50.4 Å². The lowest BCUT2D eigenvalue weighted by molar-refractivity contribution is -0.132. The topological polar surface area (TPSA) is 66.8 Å². The Kier molecular flexibility index (Phi) is 7.36. The molecule has 0 radical (unpaired) electrons. The van der Waals surface area contributed by atoms with Gasteiger partial charge in [-0.2, -0.15) is 0 Å². The van der Waals surface area contributed by atoms with Crippen molar-refractivity contribution in [3.63, 3.8) is 0 Å². The molecule has 0 saturated carbocycles. The Morgan fingerprint density at radius 1 is 1.00 bits per heavy atom. The van der Waals surface area contributed by atoms with Gasteiger partial charge in [-0.05, 0) is 66.4 Å². The molecule has 37 heavy (non-hydrogen) atoms. The number of carbonyl (C=O) groups is 2. The van der Waals surface area contributed by atoms with Gasteiger partial charge in [0.15, 0.2) is 0 Å². The lowest BCUT2D eigenvalue weighted by atomic mass is 9.84. The first-order valence-electron chi connectivity index (χ1n) is 11.7. The van der Waals surface area contributed by atoms with Crippen molar-refractivity contribution in [2.45, 2.75) is 39.2 Å². The molecule has 1 N–H and O–H groups in total. The number of aliphatic hydroxyl groups is 1. The molecular weight excluding hydrogens is 516 g/mol. The third-order valence-electron chi connectivity index (χ3n) is 6.17. The summed E-state index contributed by atoms with van der Waals surface area (Å²) in [5, 5.41) is 12.0. The summed E-state index contributed by atoms with van der Waals surface area (Å²) in [6.07, 6.45) is 0. The molecule has 0 bridgehead atoms. The minimum Gasteiger partial charge on any atom is -0.507 e. The molecule has 4 rings (SSSR count). The second-order valence-corrected chi connectivity index (χ2v) is 10.5. The molecule has 1 fully saturated rings. The van der Waals surface area contributed by atoms with E-state index in [9.17, 15) is 19.1 Å². The van der Waals surface area contributed by atoms with E-state index in [-0.39, 0.29) is 26.8 Å². The molecule has 1 unspecified atom stereocenters. The molecule has 1 saturated heterocycles. The van der Waals surface area contributed by atoms with Crippen molar-refractivity contribution in [1.82, 2.24) is 0 Å². The average Bonchev–Trinajstić information content (AvgIpc) is 3.11. The van der Waals surface area contributed by atoms with Crippen LogP contribution >= 0.6 is 23.2 Å². The number of ether oxygens (including phenoxy) is 1. The van der Waals surface area contributed by atoms with Crippen LogP contribution in [0.4, 0.5) is 10.1 Å². The van der Waals surface area contributed by atoms with Crippen molar-refractivity contribution in [3.8, 4) is 5.75 Å². The average molecular weight is 542 g/mol. The van der Waals surface area contributed by atoms with Crippen molar-refractivity contribution in [1.29, 1.82) is 0 Å². The second-order valence-electron chi connectivity index (χ2n) is 9.71. The van der Waals surface area contributed by atoms with Gasteiger partial charge >= 0.3 is 0 Å². The number of hydrogen-bond acceptors (Lipinski definition) is 4. The van der Waals surface area contributed by atoms with E-state index in [4.69, 9.17) is 27.9 Å². The standard InChI is InChI=1S/C29H26Cl2FNO4/c1-5-37-23-13-8-17(14-20(23)29(2,3)4)26(34)24-25(16-6-9-18(32)10-7-16)33(28(36)27(24)35)19-11-12-21(30)22(31)15-19/h6-15,25,34H,5H2,1-4H3/b26-24-. The number of carbonyl (C=O) groups excluding carboxylic acids is 2. The smallest absolute Gasteiger partial charge is 0.300 e. The minimum absolute atomic E-state index is 0.119. The van der Waals surface area contributed by atoms with Crippen LogP contribution in [0.15, 0.2) is 66.2 Å². The second kappa shape index (κ2) is 10.2. The highest BCUT2D eigenvalue weighted by atomic mass is 35.5. The SMILES string of the molecule is CCOc1ccc(/C(O)=C2/C(=O)C(=O)N(c3ccc(Cl)c(Cl)c3)C2c2ccc(F)cc2)cc1C(C)(C)C. The highest BCUT2D eigenvalue weighted by Crippen LogP contribution is 2.44. The van der Waals surface area contributed by atoms with Crippen molar-refractivity contribution in [3.05, 3.63) is 98.8 Å². The zero-order valence-electron chi connectivity index (χ0n) is 20.8. The third-order valence-corrected chi connectivity index (χ3v) is 6.91. The van der Waals surface area contributed by atoms with Crippen LogP contribution in [0, 0.1) is 5.82 Å². The van der Waals surface area contributed by atoms with E-state index in [2.05, 4.69) is 0 Å². The molecule has 0 spiro atoms. The molecule has 8 heteroatoms. The van der Waals surface area contributed by atoms with Gasteiger partial charge in [-0.3, -0.25) is 14.5 Å². The summed E-state index contributed by atoms with van der Waals surface area (Å²) in [6.45, 7) is 8.38. The van der Waals surface area contributed by atoms with E-state index in [1.54, 1.807) is 24.3 Å². The Morgan fingerprint density at radius 2 is 1.68 bits per heavy atom. The maximum Gasteiger partial charge on any atom is 0.300 e. The van der Waals surface area contributed by atoms with Crippen molar-refractivity contribution < 1.29 is 23.8 Å². The van der Waals surface area contributed by atoms with Crippen LogP contribution in [0.2, 0.25) is 10.0 Å². The van der Waals surface area contributed by atoms with E-state index in [0.717, 1.165) is 5.56 Å². The van der Waals surface area contributed by atoms with Gasteiger partial charge in [-0.25, -0.2) is 4.39 Å². The first-order chi connectivity index (χ1) is 17.4. The maximum absolute atomic E-state index is 13.8. The fourth-order valence-electron chi connectivity index (χ4n) is 4.39. The van der Waals surface area contributed by atoms with Crippen molar-refractivity contribution in [2.24, 2.45) is 0 Å². The molecule has 3 aromatic carbocycles. The summed E-state index contributed by atoms with van der Waals surface area (Å²) in [4.78, 5) is 28.0. The molecule has 5 nitrogen and oxygen atoms in total. The molecule has 0 aromatic heterocycles. The van der Waals surface area contributed by atoms with Crippen LogP contribution < -0.4 is 9.64 Å². The Hall–Kier alpha value is -3.35. The Labute approximate surface area is 225 Å². The van der Waals surface area contributed by atoms with Crippen LogP contribution in [-0.2, 0) is 15.0 Å². The molecule has 1 aliphatic heterocycles. The van der Waals surface area contributed by atoms with Crippen LogP contribution in [-0.4, -0.2) is 23.4 Å². The van der Waals surface area contributed by atoms with Crippen LogP contribution in [0.25, 0.3) is 5.76 Å². The van der Waals surface area contributed by atoms with E-state index in [1.807, 2.05) is 27.7 Å². The van der Waals surface area contributed by atoms with Gasteiger partial charge in [0.25, 0.3) is 11.7 Å². The summed E-state index contributed by atoms with van der Waals surface area (Å²) in [7, 11) is 0. The molecule has 0 aliphatic carbocycles. The van der Waals surface area contributed by atoms with E-state index >= 15 is 0 Å². The van der Waals surface area contributed by atoms with Crippen molar-refractivity contribution in [2.75, 3.05) is 11.5 Å². The van der Waals surface area contributed by atoms with Gasteiger partial charge < -0.3 is 9.84 Å². The first-order valence-corrected chi connectivity index (χ1v) is 12.5. The molecule has 1 heterocycles. The van der Waals surface area contributed by atoms with Gasteiger partial charge in [0, 0.05) is 16.8 Å². The molecule has 1 amide bonds. The number of nitrogens with zero attached hydrogens (tertiary/aromatic N) is 1. The van der Waals surface area contributed by atoms with Gasteiger partial charge in [-0.15, -0.1) is 0 Å². The summed E-state index contributed by atoms with van der Waals surface area (Å²) in [5.74, 6) is -1.88. The monoisotopic (exact) mass is 541 g/mol. The highest BCUT2D eigenvalue weighted by molar-refractivity contribution is 6.52. The number of amides is 1. The predicted molar refractivity (Wildman–Crippen MR) is 144 cm³/mol. The Morgan fingerprint density at radius 3 is 2.27 bits per heavy atom. The van der Waals surface area contributed by atoms with Gasteiger partial charge in [0.2, 0.25) is 0 Å². The van der Waals surface area contributed by atoms with E-state index in [1.165, 1.54) is 41.3 Å². The number of anilines is 1. The normalized spacial score (nSPS) is 17.4. The van der Waals surface area contributed by atoms with Crippen LogP contribution in [0.3, 0.4) is 0 Å². The van der Waals surface area contributed by atoms with E-state index in [0.29, 0.717) is 29.2 Å². The summed E-state index contributed by atoms with van der Waals surface area (Å²) in [5.41, 5.74) is 1.49. The quantitative estimate of drug-likeness (QED) is 0.207. The van der Waals surface area contributed by atoms with Gasteiger partial charge in [-0.1, -0.05) is 56.1 Å². The fraction of sp³-hybridized carbons (Fsp3) is 0.241. The molecule has 192 valence electrons. The van der Waals surface area contributed by atoms with Gasteiger partial charge in [0.1, 0.15) is 17.3 Å². The summed E-state index contributed by atoms with van der Waals surface area (Å²) >= 11 is 12.3. The zero-order valence-corrected chi connectivity index (χ0v) is 22.3.